The molecule has 0 aromatic heterocycles. The van der Waals surface area contributed by atoms with E-state index in [1.807, 2.05) is 6.92 Å². The number of carbonyl (C=O) groups excluding carboxylic acids is 2. The summed E-state index contributed by atoms with van der Waals surface area (Å²) >= 11 is 0. The van der Waals surface area contributed by atoms with Crippen LogP contribution in [0.1, 0.15) is 15.9 Å². The van der Waals surface area contributed by atoms with Crippen molar-refractivity contribution in [3.05, 3.63) is 63.7 Å². The van der Waals surface area contributed by atoms with E-state index in [0.717, 1.165) is 15.9 Å². The molecule has 0 aliphatic carbocycles. The largest absolute Gasteiger partial charge is 0.378 e. The second-order valence-corrected chi connectivity index (χ2v) is 9.68. The van der Waals surface area contributed by atoms with Crippen molar-refractivity contribution in [2.45, 2.75) is 11.8 Å². The van der Waals surface area contributed by atoms with Crippen molar-refractivity contribution in [1.29, 1.82) is 0 Å². The third-order valence-electron chi connectivity index (χ3n) is 5.20. The van der Waals surface area contributed by atoms with Crippen LogP contribution in [-0.4, -0.2) is 69.4 Å². The summed E-state index contributed by atoms with van der Waals surface area (Å²) in [5, 5.41) is 11.5. The van der Waals surface area contributed by atoms with E-state index in [2.05, 4.69) is 10.9 Å². The van der Waals surface area contributed by atoms with Crippen molar-refractivity contribution >= 4 is 33.2 Å². The third-order valence-corrected chi connectivity index (χ3v) is 7.01. The quantitative estimate of drug-likeness (QED) is 0.427. The van der Waals surface area contributed by atoms with Gasteiger partial charge in [0.15, 0.2) is 0 Å². The number of hydrazine groups is 1. The fraction of sp³-hybridized carbons (Fsp3) is 0.333. The molecule has 2 aromatic carbocycles. The number of rotatable bonds is 7. The van der Waals surface area contributed by atoms with Crippen LogP contribution in [0, 0.1) is 17.0 Å². The average molecular weight is 492 g/mol. The van der Waals surface area contributed by atoms with Crippen LogP contribution in [-0.2, 0) is 19.6 Å². The first-order valence-corrected chi connectivity index (χ1v) is 11.8. The number of nitro benzene ring substituents is 1. The van der Waals surface area contributed by atoms with E-state index < -0.39 is 33.3 Å². The molecule has 1 aliphatic heterocycles. The average Bonchev–Trinajstić information content (AvgIpc) is 2.82. The molecule has 34 heavy (non-hydrogen) atoms. The maximum Gasteiger partial charge on any atom is 0.293 e. The number of sulfonamides is 1. The predicted octanol–water partition coefficient (Wildman–Crippen LogP) is 0.822. The summed E-state index contributed by atoms with van der Waals surface area (Å²) in [4.78, 5) is 37.4. The Hall–Kier alpha value is -3.55. The lowest BCUT2D eigenvalue weighted by Gasteiger charge is -2.28. The lowest BCUT2D eigenvalue weighted by Crippen LogP contribution is -2.46. The number of likely N-dealkylation sites (N-methyl/N-ethyl adjacent to an activating group) is 1. The van der Waals surface area contributed by atoms with E-state index in [4.69, 9.17) is 4.74 Å². The number of hydrogen-bond acceptors (Lipinski definition) is 8. The molecule has 2 amide bonds. The Morgan fingerprint density at radius 2 is 1.76 bits per heavy atom. The van der Waals surface area contributed by atoms with Gasteiger partial charge < -0.3 is 9.64 Å². The Balaban J connectivity index is 1.62. The maximum absolute atomic E-state index is 12.6. The summed E-state index contributed by atoms with van der Waals surface area (Å²) in [7, 11) is -2.66. The van der Waals surface area contributed by atoms with Crippen LogP contribution in [0.2, 0.25) is 0 Å². The summed E-state index contributed by atoms with van der Waals surface area (Å²) < 4.78 is 31.3. The molecular formula is C21H25N5O7S. The minimum atomic E-state index is -3.90. The first kappa shape index (κ1) is 25.1. The van der Waals surface area contributed by atoms with E-state index in [9.17, 15) is 28.1 Å². The fourth-order valence-electron chi connectivity index (χ4n) is 3.30. The van der Waals surface area contributed by atoms with Crippen molar-refractivity contribution in [1.82, 2.24) is 15.2 Å². The van der Waals surface area contributed by atoms with Crippen LogP contribution in [0.25, 0.3) is 0 Å². The molecule has 0 saturated carbocycles. The van der Waals surface area contributed by atoms with Crippen LogP contribution in [0.3, 0.4) is 0 Å². The Morgan fingerprint density at radius 3 is 2.38 bits per heavy atom. The highest BCUT2D eigenvalue weighted by Gasteiger charge is 2.25. The van der Waals surface area contributed by atoms with Gasteiger partial charge in [-0.15, -0.1) is 0 Å². The van der Waals surface area contributed by atoms with Gasteiger partial charge in [-0.2, -0.15) is 4.31 Å². The van der Waals surface area contributed by atoms with Crippen LogP contribution in [0.15, 0.2) is 47.4 Å². The number of anilines is 1. The number of nitro groups is 1. The SMILES string of the molecule is Cc1ccc(S(=O)(=O)N(C)CC(=O)NNC(=O)c2ccc(N3CCOCC3)c([N+](=O)[O-])c2)cc1. The summed E-state index contributed by atoms with van der Waals surface area (Å²) in [5.74, 6) is -1.57. The van der Waals surface area contributed by atoms with Gasteiger partial charge in [0.05, 0.1) is 29.6 Å². The highest BCUT2D eigenvalue weighted by Crippen LogP contribution is 2.29. The monoisotopic (exact) mass is 491 g/mol. The Kier molecular flexibility index (Phi) is 7.81. The van der Waals surface area contributed by atoms with E-state index in [-0.39, 0.29) is 16.1 Å². The molecule has 1 fully saturated rings. The number of hydrogen-bond donors (Lipinski definition) is 2. The zero-order valence-electron chi connectivity index (χ0n) is 18.7. The standard InChI is InChI=1S/C21H25N5O7S/c1-15-3-6-17(7-4-15)34(31,32)24(2)14-20(27)22-23-21(28)16-5-8-18(19(13-16)26(29)30)25-9-11-33-12-10-25/h3-8,13H,9-12,14H2,1-2H3,(H,22,27)(H,23,28). The van der Waals surface area contributed by atoms with E-state index in [0.29, 0.717) is 32.0 Å². The number of ether oxygens (including phenoxy) is 1. The van der Waals surface area contributed by atoms with Crippen molar-refractivity contribution < 1.29 is 27.7 Å². The fourth-order valence-corrected chi connectivity index (χ4v) is 4.43. The van der Waals surface area contributed by atoms with E-state index in [1.54, 1.807) is 17.0 Å². The van der Waals surface area contributed by atoms with Gasteiger partial charge in [-0.25, -0.2) is 8.42 Å². The molecule has 0 atom stereocenters. The van der Waals surface area contributed by atoms with Crippen LogP contribution in [0.5, 0.6) is 0 Å². The van der Waals surface area contributed by atoms with Gasteiger partial charge in [0.2, 0.25) is 10.0 Å². The van der Waals surface area contributed by atoms with Gasteiger partial charge in [-0.3, -0.25) is 30.6 Å². The molecule has 13 heteroatoms. The van der Waals surface area contributed by atoms with Gasteiger partial charge in [-0.1, -0.05) is 17.7 Å². The molecule has 0 unspecified atom stereocenters. The molecule has 182 valence electrons. The van der Waals surface area contributed by atoms with Crippen LogP contribution < -0.4 is 15.8 Å². The smallest absolute Gasteiger partial charge is 0.293 e. The maximum atomic E-state index is 12.6. The summed E-state index contributed by atoms with van der Waals surface area (Å²) in [5.41, 5.74) is 5.26. The third kappa shape index (κ3) is 5.87. The minimum Gasteiger partial charge on any atom is -0.378 e. The molecule has 0 bridgehead atoms. The normalized spacial score (nSPS) is 14.0. The molecule has 0 spiro atoms. The highest BCUT2D eigenvalue weighted by atomic mass is 32.2. The Morgan fingerprint density at radius 1 is 1.12 bits per heavy atom. The summed E-state index contributed by atoms with van der Waals surface area (Å²) in [6.07, 6.45) is 0. The summed E-state index contributed by atoms with van der Waals surface area (Å²) in [6, 6.07) is 10.2. The number of carbonyl (C=O) groups is 2. The lowest BCUT2D eigenvalue weighted by molar-refractivity contribution is -0.384. The van der Waals surface area contributed by atoms with Gasteiger partial charge in [0, 0.05) is 31.8 Å². The van der Waals surface area contributed by atoms with Gasteiger partial charge >= 0.3 is 0 Å². The zero-order valence-corrected chi connectivity index (χ0v) is 19.5. The molecule has 1 heterocycles. The highest BCUT2D eigenvalue weighted by molar-refractivity contribution is 7.89. The second-order valence-electron chi connectivity index (χ2n) is 7.64. The van der Waals surface area contributed by atoms with Crippen molar-refractivity contribution in [3.63, 3.8) is 0 Å². The number of morpholine rings is 1. The second kappa shape index (κ2) is 10.6. The number of aryl methyl sites for hydroxylation is 1. The van der Waals surface area contributed by atoms with Crippen molar-refractivity contribution in [3.8, 4) is 0 Å². The Bertz CT molecular complexity index is 1180. The molecule has 3 rings (SSSR count). The number of nitrogens with one attached hydrogen (secondary N) is 2. The van der Waals surface area contributed by atoms with Crippen LogP contribution >= 0.6 is 0 Å². The number of nitrogens with zero attached hydrogens (tertiary/aromatic N) is 3. The van der Waals surface area contributed by atoms with Gasteiger partial charge in [-0.05, 0) is 31.2 Å². The molecular weight excluding hydrogens is 466 g/mol. The van der Waals surface area contributed by atoms with Crippen molar-refractivity contribution in [2.75, 3.05) is 44.8 Å². The molecule has 1 aliphatic rings. The van der Waals surface area contributed by atoms with Gasteiger partial charge in [0.25, 0.3) is 17.5 Å². The molecule has 2 aromatic rings. The van der Waals surface area contributed by atoms with E-state index >= 15 is 0 Å². The molecule has 2 N–H and O–H groups in total. The number of amides is 2. The topological polar surface area (TPSA) is 151 Å². The van der Waals surface area contributed by atoms with E-state index in [1.165, 1.54) is 31.3 Å². The molecule has 1 saturated heterocycles. The van der Waals surface area contributed by atoms with Crippen LogP contribution in [0.4, 0.5) is 11.4 Å². The predicted molar refractivity (Wildman–Crippen MR) is 123 cm³/mol. The number of benzene rings is 2. The Labute approximate surface area is 196 Å². The summed E-state index contributed by atoms with van der Waals surface area (Å²) in [6.45, 7) is 3.13. The first-order valence-electron chi connectivity index (χ1n) is 10.3. The molecule has 12 nitrogen and oxygen atoms in total. The van der Waals surface area contributed by atoms with Gasteiger partial charge in [0.1, 0.15) is 5.69 Å². The van der Waals surface area contributed by atoms with Crippen molar-refractivity contribution in [2.24, 2.45) is 0 Å². The molecule has 0 radical (unpaired) electrons. The zero-order chi connectivity index (χ0) is 24.9. The minimum absolute atomic E-state index is 0.0325. The first-order chi connectivity index (χ1) is 16.1. The lowest BCUT2D eigenvalue weighted by atomic mass is 10.1.